The summed E-state index contributed by atoms with van der Waals surface area (Å²) in [6.07, 6.45) is 0. The van der Waals surface area contributed by atoms with Crippen molar-refractivity contribution in [2.24, 2.45) is 0 Å². The highest BCUT2D eigenvalue weighted by atomic mass is 32.2. The lowest BCUT2D eigenvalue weighted by atomic mass is 10.2. The molecule has 0 radical (unpaired) electrons. The molecular weight excluding hydrogens is 346 g/mol. The van der Waals surface area contributed by atoms with Crippen molar-refractivity contribution in [1.82, 2.24) is 15.2 Å². The molecule has 0 spiro atoms. The number of nitrogens with zero attached hydrogens (tertiary/aromatic N) is 2. The van der Waals surface area contributed by atoms with Crippen molar-refractivity contribution in [1.29, 1.82) is 0 Å². The molecule has 0 aliphatic heterocycles. The molecule has 2 N–H and O–H groups in total. The Morgan fingerprint density at radius 1 is 1.12 bits per heavy atom. The molecule has 0 bridgehead atoms. The predicted molar refractivity (Wildman–Crippen MR) is 92.1 cm³/mol. The quantitative estimate of drug-likeness (QED) is 0.678. The molecule has 25 heavy (non-hydrogen) atoms. The summed E-state index contributed by atoms with van der Waals surface area (Å²) in [4.78, 5) is 16.4. The van der Waals surface area contributed by atoms with Gasteiger partial charge in [-0.15, -0.1) is 5.10 Å². The molecule has 5 nitrogen and oxygen atoms in total. The van der Waals surface area contributed by atoms with Crippen LogP contribution in [0.2, 0.25) is 0 Å². The third kappa shape index (κ3) is 4.03. The number of rotatable bonds is 5. The fourth-order valence-electron chi connectivity index (χ4n) is 2.08. The van der Waals surface area contributed by atoms with Crippen LogP contribution in [0, 0.1) is 11.6 Å². The highest BCUT2D eigenvalue weighted by Crippen LogP contribution is 2.25. The average molecular weight is 360 g/mol. The van der Waals surface area contributed by atoms with E-state index in [0.29, 0.717) is 10.7 Å². The Hall–Kier alpha value is -2.74. The van der Waals surface area contributed by atoms with E-state index >= 15 is 0 Å². The number of nitrogens with one attached hydrogen (secondary N) is 2. The first kappa shape index (κ1) is 17.1. The van der Waals surface area contributed by atoms with Crippen LogP contribution in [0.15, 0.2) is 53.7 Å². The first-order valence-corrected chi connectivity index (χ1v) is 8.32. The summed E-state index contributed by atoms with van der Waals surface area (Å²) in [6, 6.07) is 12.1. The van der Waals surface area contributed by atoms with Gasteiger partial charge in [-0.25, -0.2) is 13.8 Å². The number of carbonyl (C=O) groups is 1. The van der Waals surface area contributed by atoms with Crippen molar-refractivity contribution in [2.45, 2.75) is 17.3 Å². The number of aromatic nitrogens is 3. The van der Waals surface area contributed by atoms with Gasteiger partial charge >= 0.3 is 0 Å². The van der Waals surface area contributed by atoms with E-state index in [1.54, 1.807) is 37.3 Å². The standard InChI is InChI=1S/C17H14F2N4OS/c1-10(16(24)20-14-9-5-4-8-13(14)19)25-17-21-15(22-23-17)11-6-2-3-7-12(11)18/h2-10H,1H3,(H,20,24)(H,21,22,23). The van der Waals surface area contributed by atoms with Gasteiger partial charge in [0.25, 0.3) is 0 Å². The summed E-state index contributed by atoms with van der Waals surface area (Å²) >= 11 is 1.09. The van der Waals surface area contributed by atoms with E-state index in [1.807, 2.05) is 0 Å². The fraction of sp³-hybridized carbons (Fsp3) is 0.118. The Morgan fingerprint density at radius 3 is 2.52 bits per heavy atom. The van der Waals surface area contributed by atoms with E-state index in [1.165, 1.54) is 18.2 Å². The van der Waals surface area contributed by atoms with Gasteiger partial charge in [-0.05, 0) is 31.2 Å². The molecule has 1 atom stereocenters. The molecular formula is C17H14F2N4OS. The van der Waals surface area contributed by atoms with Gasteiger partial charge in [0.1, 0.15) is 11.6 Å². The lowest BCUT2D eigenvalue weighted by molar-refractivity contribution is -0.115. The van der Waals surface area contributed by atoms with Crippen LogP contribution in [0.25, 0.3) is 11.4 Å². The lowest BCUT2D eigenvalue weighted by Crippen LogP contribution is -2.23. The summed E-state index contributed by atoms with van der Waals surface area (Å²) in [5.41, 5.74) is 0.410. The largest absolute Gasteiger partial charge is 0.323 e. The Bertz CT molecular complexity index is 900. The number of H-pyrrole nitrogens is 1. The highest BCUT2D eigenvalue weighted by molar-refractivity contribution is 8.00. The highest BCUT2D eigenvalue weighted by Gasteiger charge is 2.19. The number of thioether (sulfide) groups is 1. The maximum Gasteiger partial charge on any atom is 0.237 e. The van der Waals surface area contributed by atoms with Gasteiger partial charge in [0.15, 0.2) is 5.82 Å². The summed E-state index contributed by atoms with van der Waals surface area (Å²) in [7, 11) is 0. The zero-order chi connectivity index (χ0) is 17.8. The average Bonchev–Trinajstić information content (AvgIpc) is 3.05. The van der Waals surface area contributed by atoms with Crippen molar-refractivity contribution >= 4 is 23.4 Å². The van der Waals surface area contributed by atoms with E-state index in [2.05, 4.69) is 20.5 Å². The number of para-hydroxylation sites is 1. The Morgan fingerprint density at radius 2 is 1.80 bits per heavy atom. The molecule has 0 aliphatic carbocycles. The number of benzene rings is 2. The molecule has 1 heterocycles. The Balaban J connectivity index is 1.67. The molecule has 0 aliphatic rings. The molecule has 3 aromatic rings. The van der Waals surface area contributed by atoms with Gasteiger partial charge < -0.3 is 5.32 Å². The first-order valence-electron chi connectivity index (χ1n) is 7.44. The summed E-state index contributed by atoms with van der Waals surface area (Å²) in [5.74, 6) is -1.03. The smallest absolute Gasteiger partial charge is 0.237 e. The number of amides is 1. The monoisotopic (exact) mass is 360 g/mol. The maximum atomic E-state index is 13.8. The van der Waals surface area contributed by atoms with Crippen molar-refractivity contribution < 1.29 is 13.6 Å². The lowest BCUT2D eigenvalue weighted by Gasteiger charge is -2.10. The van der Waals surface area contributed by atoms with Gasteiger partial charge in [-0.1, -0.05) is 36.0 Å². The Labute approximate surface area is 146 Å². The number of hydrogen-bond donors (Lipinski definition) is 2. The molecule has 1 unspecified atom stereocenters. The van der Waals surface area contributed by atoms with E-state index in [-0.39, 0.29) is 17.4 Å². The minimum atomic E-state index is -0.566. The van der Waals surface area contributed by atoms with Crippen molar-refractivity contribution in [3.8, 4) is 11.4 Å². The van der Waals surface area contributed by atoms with Gasteiger partial charge in [-0.2, -0.15) is 0 Å². The molecule has 0 fully saturated rings. The molecule has 8 heteroatoms. The third-order valence-corrected chi connectivity index (χ3v) is 4.34. The fourth-order valence-corrected chi connectivity index (χ4v) is 2.81. The normalized spacial score (nSPS) is 12.0. The second-order valence-corrected chi connectivity index (χ2v) is 6.48. The van der Waals surface area contributed by atoms with Gasteiger partial charge in [-0.3, -0.25) is 9.89 Å². The third-order valence-electron chi connectivity index (χ3n) is 3.38. The zero-order valence-corrected chi connectivity index (χ0v) is 14.0. The van der Waals surface area contributed by atoms with Crippen LogP contribution in [-0.2, 0) is 4.79 Å². The molecule has 3 rings (SSSR count). The SMILES string of the molecule is CC(Sc1n[nH]c(-c2ccccc2F)n1)C(=O)Nc1ccccc1F. The minimum absolute atomic E-state index is 0.113. The predicted octanol–water partition coefficient (Wildman–Crippen LogP) is 3.87. The van der Waals surface area contributed by atoms with Crippen molar-refractivity contribution in [2.75, 3.05) is 5.32 Å². The van der Waals surface area contributed by atoms with Crippen molar-refractivity contribution in [3.05, 3.63) is 60.2 Å². The van der Waals surface area contributed by atoms with Gasteiger partial charge in [0.2, 0.25) is 11.1 Å². The first-order chi connectivity index (χ1) is 12.0. The van der Waals surface area contributed by atoms with Gasteiger partial charge in [0.05, 0.1) is 16.5 Å². The maximum absolute atomic E-state index is 13.8. The molecule has 128 valence electrons. The summed E-state index contributed by atoms with van der Waals surface area (Å²) in [6.45, 7) is 1.65. The van der Waals surface area contributed by atoms with Crippen LogP contribution >= 0.6 is 11.8 Å². The molecule has 0 saturated heterocycles. The van der Waals surface area contributed by atoms with E-state index in [0.717, 1.165) is 11.8 Å². The molecule has 1 aromatic heterocycles. The number of halogens is 2. The number of carbonyl (C=O) groups excluding carboxylic acids is 1. The van der Waals surface area contributed by atoms with E-state index in [9.17, 15) is 13.6 Å². The number of hydrogen-bond acceptors (Lipinski definition) is 4. The Kier molecular flexibility index (Phi) is 5.08. The number of anilines is 1. The van der Waals surface area contributed by atoms with Crippen LogP contribution in [0.5, 0.6) is 0 Å². The topological polar surface area (TPSA) is 70.7 Å². The summed E-state index contributed by atoms with van der Waals surface area (Å²) in [5, 5.41) is 8.89. The summed E-state index contributed by atoms with van der Waals surface area (Å²) < 4.78 is 27.3. The molecule has 1 amide bonds. The van der Waals surface area contributed by atoms with Crippen molar-refractivity contribution in [3.63, 3.8) is 0 Å². The second kappa shape index (κ2) is 7.43. The van der Waals surface area contributed by atoms with E-state index < -0.39 is 16.9 Å². The molecule has 2 aromatic carbocycles. The van der Waals surface area contributed by atoms with Crippen LogP contribution in [0.3, 0.4) is 0 Å². The van der Waals surface area contributed by atoms with Crippen LogP contribution < -0.4 is 5.32 Å². The second-order valence-electron chi connectivity index (χ2n) is 5.18. The van der Waals surface area contributed by atoms with Gasteiger partial charge in [0, 0.05) is 0 Å². The van der Waals surface area contributed by atoms with Crippen LogP contribution in [-0.4, -0.2) is 26.3 Å². The zero-order valence-electron chi connectivity index (χ0n) is 13.2. The van der Waals surface area contributed by atoms with Crippen LogP contribution in [0.1, 0.15) is 6.92 Å². The van der Waals surface area contributed by atoms with Crippen LogP contribution in [0.4, 0.5) is 14.5 Å². The number of aromatic amines is 1. The van der Waals surface area contributed by atoms with E-state index in [4.69, 9.17) is 0 Å². The minimum Gasteiger partial charge on any atom is -0.323 e. The molecule has 0 saturated carbocycles.